The first-order valence-electron chi connectivity index (χ1n) is 4.55. The Labute approximate surface area is 83.9 Å². The standard InChI is InChI=1S/C11H16FNO/c1-8-6-9(11(2,12)7-13)4-5-10(8)14-3/h4-6H,7,13H2,1-3H3. The highest BCUT2D eigenvalue weighted by molar-refractivity contribution is 5.38. The molecule has 1 aromatic carbocycles. The van der Waals surface area contributed by atoms with Crippen LogP contribution in [0, 0.1) is 6.92 Å². The van der Waals surface area contributed by atoms with Crippen molar-refractivity contribution in [2.75, 3.05) is 13.7 Å². The molecule has 1 aromatic rings. The van der Waals surface area contributed by atoms with E-state index in [-0.39, 0.29) is 6.54 Å². The first-order chi connectivity index (χ1) is 6.51. The average Bonchev–Trinajstić information content (AvgIpc) is 2.17. The minimum atomic E-state index is -1.46. The number of methoxy groups -OCH3 is 1. The van der Waals surface area contributed by atoms with Crippen LogP contribution in [0.1, 0.15) is 18.1 Å². The summed E-state index contributed by atoms with van der Waals surface area (Å²) in [6.45, 7) is 3.35. The number of nitrogens with two attached hydrogens (primary N) is 1. The van der Waals surface area contributed by atoms with Crippen LogP contribution in [0.2, 0.25) is 0 Å². The van der Waals surface area contributed by atoms with E-state index in [2.05, 4.69) is 0 Å². The van der Waals surface area contributed by atoms with Crippen molar-refractivity contribution in [3.8, 4) is 5.75 Å². The van der Waals surface area contributed by atoms with Crippen molar-refractivity contribution < 1.29 is 9.13 Å². The molecule has 0 aliphatic rings. The third kappa shape index (κ3) is 2.04. The monoisotopic (exact) mass is 197 g/mol. The quantitative estimate of drug-likeness (QED) is 0.805. The number of halogens is 1. The summed E-state index contributed by atoms with van der Waals surface area (Å²) in [5.74, 6) is 0.765. The summed E-state index contributed by atoms with van der Waals surface area (Å²) in [4.78, 5) is 0. The molecule has 1 atom stereocenters. The van der Waals surface area contributed by atoms with Crippen LogP contribution in [0.15, 0.2) is 18.2 Å². The van der Waals surface area contributed by atoms with Gasteiger partial charge in [0.1, 0.15) is 11.4 Å². The molecule has 14 heavy (non-hydrogen) atoms. The zero-order valence-electron chi connectivity index (χ0n) is 8.80. The van der Waals surface area contributed by atoms with E-state index in [1.165, 1.54) is 6.92 Å². The Bertz CT molecular complexity index is 323. The maximum absolute atomic E-state index is 13.8. The summed E-state index contributed by atoms with van der Waals surface area (Å²) in [5, 5.41) is 0. The normalized spacial score (nSPS) is 14.9. The van der Waals surface area contributed by atoms with Gasteiger partial charge in [-0.1, -0.05) is 6.07 Å². The molecule has 3 heteroatoms. The molecule has 0 aliphatic heterocycles. The van der Waals surface area contributed by atoms with Gasteiger partial charge in [0, 0.05) is 6.54 Å². The second-order valence-corrected chi connectivity index (χ2v) is 3.59. The van der Waals surface area contributed by atoms with E-state index < -0.39 is 5.67 Å². The summed E-state index contributed by atoms with van der Waals surface area (Å²) < 4.78 is 18.9. The largest absolute Gasteiger partial charge is 0.496 e. The number of hydrogen-bond donors (Lipinski definition) is 1. The molecule has 2 nitrogen and oxygen atoms in total. The Morgan fingerprint density at radius 2 is 2.14 bits per heavy atom. The van der Waals surface area contributed by atoms with Crippen LogP contribution >= 0.6 is 0 Å². The fourth-order valence-electron chi connectivity index (χ4n) is 1.32. The minimum absolute atomic E-state index is 0.0151. The van der Waals surface area contributed by atoms with Crippen LogP contribution in [0.25, 0.3) is 0 Å². The number of rotatable bonds is 3. The fourth-order valence-corrected chi connectivity index (χ4v) is 1.32. The van der Waals surface area contributed by atoms with Gasteiger partial charge in [0.2, 0.25) is 0 Å². The first kappa shape index (κ1) is 11.0. The van der Waals surface area contributed by atoms with Gasteiger partial charge in [-0.05, 0) is 37.1 Å². The zero-order valence-corrected chi connectivity index (χ0v) is 8.80. The van der Waals surface area contributed by atoms with Crippen LogP contribution < -0.4 is 10.5 Å². The number of ether oxygens (including phenoxy) is 1. The van der Waals surface area contributed by atoms with Crippen molar-refractivity contribution >= 4 is 0 Å². The van der Waals surface area contributed by atoms with E-state index in [1.54, 1.807) is 25.3 Å². The summed E-state index contributed by atoms with van der Waals surface area (Å²) in [7, 11) is 1.60. The number of hydrogen-bond acceptors (Lipinski definition) is 2. The Morgan fingerprint density at radius 1 is 1.50 bits per heavy atom. The molecule has 0 radical (unpaired) electrons. The predicted molar refractivity (Wildman–Crippen MR) is 55.2 cm³/mol. The Hall–Kier alpha value is -1.09. The van der Waals surface area contributed by atoms with E-state index in [0.717, 1.165) is 11.3 Å². The second kappa shape index (κ2) is 3.96. The van der Waals surface area contributed by atoms with Crippen molar-refractivity contribution in [2.24, 2.45) is 5.73 Å². The lowest BCUT2D eigenvalue weighted by Gasteiger charge is -2.19. The lowest BCUT2D eigenvalue weighted by Crippen LogP contribution is -2.26. The van der Waals surface area contributed by atoms with Crippen molar-refractivity contribution in [3.63, 3.8) is 0 Å². The van der Waals surface area contributed by atoms with E-state index in [9.17, 15) is 4.39 Å². The third-order valence-electron chi connectivity index (χ3n) is 2.38. The van der Waals surface area contributed by atoms with Gasteiger partial charge in [0.25, 0.3) is 0 Å². The van der Waals surface area contributed by atoms with Gasteiger partial charge < -0.3 is 10.5 Å². The van der Waals surface area contributed by atoms with Gasteiger partial charge in [-0.25, -0.2) is 4.39 Å². The maximum Gasteiger partial charge on any atom is 0.145 e. The van der Waals surface area contributed by atoms with Crippen molar-refractivity contribution in [1.29, 1.82) is 0 Å². The SMILES string of the molecule is COc1ccc(C(C)(F)CN)cc1C. The van der Waals surface area contributed by atoms with E-state index in [4.69, 9.17) is 10.5 Å². The smallest absolute Gasteiger partial charge is 0.145 e. The number of aryl methyl sites for hydroxylation is 1. The highest BCUT2D eigenvalue weighted by Gasteiger charge is 2.24. The molecule has 0 bridgehead atoms. The molecule has 2 N–H and O–H groups in total. The van der Waals surface area contributed by atoms with E-state index in [0.29, 0.717) is 5.56 Å². The highest BCUT2D eigenvalue weighted by Crippen LogP contribution is 2.28. The lowest BCUT2D eigenvalue weighted by molar-refractivity contribution is 0.203. The topological polar surface area (TPSA) is 35.2 Å². The molecule has 0 heterocycles. The molecule has 0 saturated carbocycles. The van der Waals surface area contributed by atoms with Crippen molar-refractivity contribution in [2.45, 2.75) is 19.5 Å². The zero-order chi connectivity index (χ0) is 10.8. The predicted octanol–water partition coefficient (Wildman–Crippen LogP) is 2.15. The van der Waals surface area contributed by atoms with Gasteiger partial charge in [0.05, 0.1) is 7.11 Å². The molecule has 1 unspecified atom stereocenters. The molecule has 0 aromatic heterocycles. The van der Waals surface area contributed by atoms with Crippen LogP contribution in [0.3, 0.4) is 0 Å². The van der Waals surface area contributed by atoms with Crippen LogP contribution in [0.5, 0.6) is 5.75 Å². The van der Waals surface area contributed by atoms with Gasteiger partial charge in [0.15, 0.2) is 0 Å². The molecule has 1 rings (SSSR count). The van der Waals surface area contributed by atoms with Gasteiger partial charge in [-0.3, -0.25) is 0 Å². The summed E-state index contributed by atoms with van der Waals surface area (Å²) >= 11 is 0. The fraction of sp³-hybridized carbons (Fsp3) is 0.455. The van der Waals surface area contributed by atoms with Crippen LogP contribution in [-0.4, -0.2) is 13.7 Å². The van der Waals surface area contributed by atoms with Gasteiger partial charge in [-0.15, -0.1) is 0 Å². The van der Waals surface area contributed by atoms with Crippen molar-refractivity contribution in [1.82, 2.24) is 0 Å². The lowest BCUT2D eigenvalue weighted by atomic mass is 9.96. The number of alkyl halides is 1. The minimum Gasteiger partial charge on any atom is -0.496 e. The van der Waals surface area contributed by atoms with Gasteiger partial charge >= 0.3 is 0 Å². The Kier molecular flexibility index (Phi) is 3.11. The first-order valence-corrected chi connectivity index (χ1v) is 4.55. The van der Waals surface area contributed by atoms with Gasteiger partial charge in [-0.2, -0.15) is 0 Å². The van der Waals surface area contributed by atoms with E-state index >= 15 is 0 Å². The molecular weight excluding hydrogens is 181 g/mol. The molecular formula is C11H16FNO. The molecule has 0 saturated heterocycles. The Balaban J connectivity index is 3.08. The summed E-state index contributed by atoms with van der Waals surface area (Å²) in [5.41, 5.74) is 5.41. The average molecular weight is 197 g/mol. The molecule has 0 aliphatic carbocycles. The molecule has 0 spiro atoms. The maximum atomic E-state index is 13.8. The summed E-state index contributed by atoms with van der Waals surface area (Å²) in [6.07, 6.45) is 0. The van der Waals surface area contributed by atoms with Crippen LogP contribution in [-0.2, 0) is 5.67 Å². The van der Waals surface area contributed by atoms with E-state index in [1.807, 2.05) is 6.92 Å². The second-order valence-electron chi connectivity index (χ2n) is 3.59. The van der Waals surface area contributed by atoms with Crippen molar-refractivity contribution in [3.05, 3.63) is 29.3 Å². The molecule has 78 valence electrons. The molecule has 0 amide bonds. The molecule has 0 fully saturated rings. The Morgan fingerprint density at radius 3 is 2.57 bits per heavy atom. The summed E-state index contributed by atoms with van der Waals surface area (Å²) in [6, 6.07) is 5.24. The third-order valence-corrected chi connectivity index (χ3v) is 2.38. The van der Waals surface area contributed by atoms with Crippen LogP contribution in [0.4, 0.5) is 4.39 Å². The number of benzene rings is 1. The highest BCUT2D eigenvalue weighted by atomic mass is 19.1.